The lowest BCUT2D eigenvalue weighted by Gasteiger charge is -2.15. The minimum absolute atomic E-state index is 0.0947. The number of amides is 2. The minimum atomic E-state index is -0.175. The standard InChI is InChI=1S/C20H23N5O/c1-16(9-10-17-6-3-2-4-7-17)24-20(26)23-14-18-8-5-11-22-19(18)25-13-12-21-15-25/h2-8,11-13,15-16H,9-10,14H2,1H3,(H2,23,24,26)/t16-/m0/s1. The molecule has 26 heavy (non-hydrogen) atoms. The van der Waals surface area contributed by atoms with Gasteiger partial charge in [-0.3, -0.25) is 4.57 Å². The van der Waals surface area contributed by atoms with Crippen LogP contribution in [0.1, 0.15) is 24.5 Å². The van der Waals surface area contributed by atoms with E-state index in [0.29, 0.717) is 6.54 Å². The molecule has 2 aromatic heterocycles. The topological polar surface area (TPSA) is 71.8 Å². The molecule has 6 heteroatoms. The van der Waals surface area contributed by atoms with Gasteiger partial charge in [-0.25, -0.2) is 14.8 Å². The molecule has 0 bridgehead atoms. The second kappa shape index (κ2) is 8.80. The number of pyridine rings is 1. The Bertz CT molecular complexity index is 817. The zero-order chi connectivity index (χ0) is 18.2. The molecule has 3 aromatic rings. The van der Waals surface area contributed by atoms with Crippen molar-refractivity contribution in [3.63, 3.8) is 0 Å². The molecule has 1 atom stereocenters. The van der Waals surface area contributed by atoms with Gasteiger partial charge < -0.3 is 10.6 Å². The van der Waals surface area contributed by atoms with Gasteiger partial charge in [0, 0.05) is 36.7 Å². The van der Waals surface area contributed by atoms with Crippen molar-refractivity contribution in [2.24, 2.45) is 0 Å². The highest BCUT2D eigenvalue weighted by Crippen LogP contribution is 2.10. The fourth-order valence-electron chi connectivity index (χ4n) is 2.74. The second-order valence-corrected chi connectivity index (χ2v) is 6.21. The lowest BCUT2D eigenvalue weighted by molar-refractivity contribution is 0.237. The highest BCUT2D eigenvalue weighted by atomic mass is 16.2. The number of urea groups is 1. The van der Waals surface area contributed by atoms with Crippen LogP contribution in [0.2, 0.25) is 0 Å². The number of rotatable bonds is 7. The number of hydrogen-bond acceptors (Lipinski definition) is 3. The predicted molar refractivity (Wildman–Crippen MR) is 101 cm³/mol. The molecule has 2 heterocycles. The summed E-state index contributed by atoms with van der Waals surface area (Å²) < 4.78 is 1.83. The molecule has 2 amide bonds. The van der Waals surface area contributed by atoms with E-state index in [9.17, 15) is 4.79 Å². The first-order valence-corrected chi connectivity index (χ1v) is 8.73. The average Bonchev–Trinajstić information content (AvgIpc) is 3.20. The number of carbonyl (C=O) groups is 1. The van der Waals surface area contributed by atoms with E-state index < -0.39 is 0 Å². The molecule has 0 unspecified atom stereocenters. The van der Waals surface area contributed by atoms with Crippen molar-refractivity contribution in [2.45, 2.75) is 32.4 Å². The van der Waals surface area contributed by atoms with Gasteiger partial charge in [-0.1, -0.05) is 36.4 Å². The quantitative estimate of drug-likeness (QED) is 0.688. The average molecular weight is 349 g/mol. The third kappa shape index (κ3) is 4.92. The number of aromatic nitrogens is 3. The van der Waals surface area contributed by atoms with Crippen LogP contribution in [0, 0.1) is 0 Å². The Kier molecular flexibility index (Phi) is 5.98. The van der Waals surface area contributed by atoms with Crippen molar-refractivity contribution in [3.8, 4) is 5.82 Å². The Morgan fingerprint density at radius 1 is 1.15 bits per heavy atom. The highest BCUT2D eigenvalue weighted by molar-refractivity contribution is 5.74. The van der Waals surface area contributed by atoms with E-state index in [1.165, 1.54) is 5.56 Å². The summed E-state index contributed by atoms with van der Waals surface area (Å²) in [6, 6.07) is 14.0. The zero-order valence-corrected chi connectivity index (χ0v) is 14.8. The van der Waals surface area contributed by atoms with Gasteiger partial charge in [0.05, 0.1) is 0 Å². The molecule has 0 aliphatic heterocycles. The Morgan fingerprint density at radius 3 is 2.77 bits per heavy atom. The minimum Gasteiger partial charge on any atom is -0.336 e. The fourth-order valence-corrected chi connectivity index (χ4v) is 2.74. The largest absolute Gasteiger partial charge is 0.336 e. The van der Waals surface area contributed by atoms with Gasteiger partial charge in [0.25, 0.3) is 0 Å². The van der Waals surface area contributed by atoms with Crippen molar-refractivity contribution in [1.29, 1.82) is 0 Å². The van der Waals surface area contributed by atoms with Crippen molar-refractivity contribution < 1.29 is 4.79 Å². The number of hydrogen-bond donors (Lipinski definition) is 2. The summed E-state index contributed by atoms with van der Waals surface area (Å²) in [5.41, 5.74) is 2.21. The fraction of sp³-hybridized carbons (Fsp3) is 0.250. The maximum absolute atomic E-state index is 12.2. The summed E-state index contributed by atoms with van der Waals surface area (Å²) in [5, 5.41) is 5.89. The molecular formula is C20H23N5O. The summed E-state index contributed by atoms with van der Waals surface area (Å²) in [5.74, 6) is 0.766. The molecule has 0 spiro atoms. The van der Waals surface area contributed by atoms with E-state index >= 15 is 0 Å². The first-order chi connectivity index (χ1) is 12.7. The van der Waals surface area contributed by atoms with E-state index in [1.807, 2.05) is 48.0 Å². The first kappa shape index (κ1) is 17.7. The van der Waals surface area contributed by atoms with Crippen molar-refractivity contribution in [2.75, 3.05) is 0 Å². The van der Waals surface area contributed by atoms with Crippen LogP contribution in [0.5, 0.6) is 0 Å². The summed E-state index contributed by atoms with van der Waals surface area (Å²) in [7, 11) is 0. The van der Waals surface area contributed by atoms with Gasteiger partial charge in [0.1, 0.15) is 12.1 Å². The molecule has 2 N–H and O–H groups in total. The number of aryl methyl sites for hydroxylation is 1. The summed E-state index contributed by atoms with van der Waals surface area (Å²) in [4.78, 5) is 20.6. The van der Waals surface area contributed by atoms with Crippen LogP contribution in [-0.2, 0) is 13.0 Å². The molecule has 0 fully saturated rings. The van der Waals surface area contributed by atoms with Crippen LogP contribution in [-0.4, -0.2) is 26.6 Å². The number of imidazole rings is 1. The third-order valence-electron chi connectivity index (χ3n) is 4.14. The van der Waals surface area contributed by atoms with Gasteiger partial charge in [-0.2, -0.15) is 0 Å². The lowest BCUT2D eigenvalue weighted by atomic mass is 10.1. The van der Waals surface area contributed by atoms with Crippen LogP contribution >= 0.6 is 0 Å². The third-order valence-corrected chi connectivity index (χ3v) is 4.14. The zero-order valence-electron chi connectivity index (χ0n) is 14.8. The van der Waals surface area contributed by atoms with Crippen LogP contribution < -0.4 is 10.6 Å². The van der Waals surface area contributed by atoms with Gasteiger partial charge in [-0.15, -0.1) is 0 Å². The molecule has 0 aliphatic carbocycles. The maximum Gasteiger partial charge on any atom is 0.315 e. The van der Waals surface area contributed by atoms with E-state index in [2.05, 4.69) is 32.7 Å². The van der Waals surface area contributed by atoms with Gasteiger partial charge >= 0.3 is 6.03 Å². The predicted octanol–water partition coefficient (Wildman–Crippen LogP) is 3.09. The summed E-state index contributed by atoms with van der Waals surface area (Å²) >= 11 is 0. The molecule has 0 aliphatic rings. The van der Waals surface area contributed by atoms with Crippen LogP contribution in [0.15, 0.2) is 67.4 Å². The van der Waals surface area contributed by atoms with Gasteiger partial charge in [0.15, 0.2) is 0 Å². The van der Waals surface area contributed by atoms with Crippen LogP contribution in [0.4, 0.5) is 4.79 Å². The van der Waals surface area contributed by atoms with Crippen molar-refractivity contribution in [3.05, 3.63) is 78.5 Å². The van der Waals surface area contributed by atoms with Crippen molar-refractivity contribution in [1.82, 2.24) is 25.2 Å². The molecule has 0 saturated carbocycles. The van der Waals surface area contributed by atoms with Crippen LogP contribution in [0.25, 0.3) is 5.82 Å². The van der Waals surface area contributed by atoms with E-state index in [-0.39, 0.29) is 12.1 Å². The van der Waals surface area contributed by atoms with E-state index in [0.717, 1.165) is 24.2 Å². The second-order valence-electron chi connectivity index (χ2n) is 6.21. The number of carbonyl (C=O) groups excluding carboxylic acids is 1. The Hall–Kier alpha value is -3.15. The summed E-state index contributed by atoms with van der Waals surface area (Å²) in [6.45, 7) is 2.42. The smallest absolute Gasteiger partial charge is 0.315 e. The maximum atomic E-state index is 12.2. The lowest BCUT2D eigenvalue weighted by Crippen LogP contribution is -2.40. The number of nitrogens with zero attached hydrogens (tertiary/aromatic N) is 3. The molecule has 1 aromatic carbocycles. The monoisotopic (exact) mass is 349 g/mol. The van der Waals surface area contributed by atoms with Crippen LogP contribution in [0.3, 0.4) is 0 Å². The molecule has 134 valence electrons. The van der Waals surface area contributed by atoms with E-state index in [4.69, 9.17) is 0 Å². The normalized spacial score (nSPS) is 11.7. The Morgan fingerprint density at radius 2 is 2.00 bits per heavy atom. The Labute approximate surface area is 153 Å². The molecular weight excluding hydrogens is 326 g/mol. The van der Waals surface area contributed by atoms with Gasteiger partial charge in [0.2, 0.25) is 0 Å². The SMILES string of the molecule is C[C@@H](CCc1ccccc1)NC(=O)NCc1cccnc1-n1ccnc1. The van der Waals surface area contributed by atoms with E-state index in [1.54, 1.807) is 18.7 Å². The Balaban J connectivity index is 1.48. The summed E-state index contributed by atoms with van der Waals surface area (Å²) in [6.07, 6.45) is 8.78. The molecule has 6 nitrogen and oxygen atoms in total. The van der Waals surface area contributed by atoms with Gasteiger partial charge in [-0.05, 0) is 31.4 Å². The number of benzene rings is 1. The molecule has 0 saturated heterocycles. The first-order valence-electron chi connectivity index (χ1n) is 8.73. The number of nitrogens with one attached hydrogen (secondary N) is 2. The van der Waals surface area contributed by atoms with Crippen molar-refractivity contribution >= 4 is 6.03 Å². The molecule has 0 radical (unpaired) electrons. The highest BCUT2D eigenvalue weighted by Gasteiger charge is 2.10. The molecule has 3 rings (SSSR count).